The highest BCUT2D eigenvalue weighted by atomic mass is 16.4. The Bertz CT molecular complexity index is 756. The first-order valence-corrected chi connectivity index (χ1v) is 11.5. The molecule has 1 aliphatic heterocycles. The van der Waals surface area contributed by atoms with Gasteiger partial charge in [-0.1, -0.05) is 20.3 Å². The van der Waals surface area contributed by atoms with Crippen LogP contribution in [0.3, 0.4) is 0 Å². The molecule has 0 saturated carbocycles. The van der Waals surface area contributed by atoms with Crippen molar-refractivity contribution in [2.45, 2.75) is 83.1 Å². The zero-order chi connectivity index (χ0) is 26.0. The molecule has 1 heterocycles. The van der Waals surface area contributed by atoms with Gasteiger partial charge in [0.1, 0.15) is 24.2 Å². The molecule has 0 radical (unpaired) electrons. The van der Waals surface area contributed by atoms with E-state index in [9.17, 15) is 29.4 Å². The lowest BCUT2D eigenvalue weighted by Crippen LogP contribution is -2.59. The van der Waals surface area contributed by atoms with Crippen molar-refractivity contribution >= 4 is 29.7 Å². The molecule has 1 aliphatic rings. The Morgan fingerprint density at radius 3 is 2.35 bits per heavy atom. The molecule has 10 N–H and O–H groups in total. The van der Waals surface area contributed by atoms with Crippen molar-refractivity contribution < 1.29 is 29.4 Å². The maximum absolute atomic E-state index is 13.4. The zero-order valence-electron chi connectivity index (χ0n) is 20.1. The Kier molecular flexibility index (Phi) is 11.7. The maximum Gasteiger partial charge on any atom is 0.326 e. The van der Waals surface area contributed by atoms with Crippen molar-refractivity contribution in [2.75, 3.05) is 13.1 Å². The van der Waals surface area contributed by atoms with Crippen LogP contribution >= 0.6 is 0 Å². The van der Waals surface area contributed by atoms with Gasteiger partial charge in [-0.2, -0.15) is 0 Å². The van der Waals surface area contributed by atoms with Crippen LogP contribution in [0.4, 0.5) is 0 Å². The first-order valence-electron chi connectivity index (χ1n) is 11.5. The van der Waals surface area contributed by atoms with E-state index in [1.165, 1.54) is 11.8 Å². The van der Waals surface area contributed by atoms with E-state index in [0.29, 0.717) is 32.2 Å². The molecule has 6 unspecified atom stereocenters. The summed E-state index contributed by atoms with van der Waals surface area (Å²) in [6, 6.07) is -4.16. The minimum atomic E-state index is -1.20. The monoisotopic (exact) mass is 485 g/mol. The van der Waals surface area contributed by atoms with Crippen LogP contribution in [0.1, 0.15) is 52.9 Å². The van der Waals surface area contributed by atoms with E-state index in [-0.39, 0.29) is 24.8 Å². The number of nitrogens with one attached hydrogen (secondary N) is 2. The van der Waals surface area contributed by atoms with E-state index in [0.717, 1.165) is 0 Å². The van der Waals surface area contributed by atoms with Crippen LogP contribution < -0.4 is 27.8 Å². The average molecular weight is 486 g/mol. The highest BCUT2D eigenvalue weighted by molar-refractivity contribution is 5.94. The summed E-state index contributed by atoms with van der Waals surface area (Å²) in [6.45, 7) is 5.55. The molecule has 1 saturated heterocycles. The van der Waals surface area contributed by atoms with E-state index < -0.39 is 54.0 Å². The van der Waals surface area contributed by atoms with Crippen molar-refractivity contribution in [3.8, 4) is 0 Å². The number of aliphatic carboxylic acids is 1. The van der Waals surface area contributed by atoms with E-state index >= 15 is 0 Å². The third-order valence-electron chi connectivity index (χ3n) is 6.00. The molecule has 194 valence electrons. The Hall–Kier alpha value is -2.93. The lowest BCUT2D eigenvalue weighted by Gasteiger charge is -2.32. The number of guanidine groups is 1. The van der Waals surface area contributed by atoms with Crippen LogP contribution in [-0.2, 0) is 19.2 Å². The van der Waals surface area contributed by atoms with Gasteiger partial charge < -0.3 is 42.9 Å². The second-order valence-electron chi connectivity index (χ2n) is 8.68. The van der Waals surface area contributed by atoms with Gasteiger partial charge in [0, 0.05) is 13.1 Å². The predicted molar refractivity (Wildman–Crippen MR) is 125 cm³/mol. The fourth-order valence-electron chi connectivity index (χ4n) is 3.66. The standard InChI is InChI=1S/C21H39N7O6/c1-4-11(2)16(27-18(31)15(22)12(3)29)19(32)28-10-6-8-14(28)17(30)26-13(20(33)34)7-5-9-25-21(23)24/h11-16,29H,4-10,22H2,1-3H3,(H,26,30)(H,27,31)(H,33,34)(H4,23,24,25). The number of carbonyl (C=O) groups is 4. The van der Waals surface area contributed by atoms with E-state index in [1.807, 2.05) is 6.92 Å². The second kappa shape index (κ2) is 13.7. The molecule has 1 rings (SSSR count). The van der Waals surface area contributed by atoms with E-state index in [1.54, 1.807) is 6.92 Å². The fourth-order valence-corrected chi connectivity index (χ4v) is 3.66. The predicted octanol–water partition coefficient (Wildman–Crippen LogP) is -2.16. The third-order valence-corrected chi connectivity index (χ3v) is 6.00. The van der Waals surface area contributed by atoms with Gasteiger partial charge in [0.2, 0.25) is 17.7 Å². The molecular weight excluding hydrogens is 446 g/mol. The number of aliphatic hydroxyl groups excluding tert-OH is 1. The molecule has 0 aromatic rings. The molecule has 0 aromatic heterocycles. The minimum absolute atomic E-state index is 0.103. The smallest absolute Gasteiger partial charge is 0.326 e. The highest BCUT2D eigenvalue weighted by Gasteiger charge is 2.40. The molecule has 0 aliphatic carbocycles. The first-order chi connectivity index (χ1) is 15.9. The molecule has 34 heavy (non-hydrogen) atoms. The Labute approximate surface area is 199 Å². The molecule has 13 nitrogen and oxygen atoms in total. The van der Waals surface area contributed by atoms with Gasteiger partial charge in [-0.05, 0) is 38.5 Å². The number of nitrogens with zero attached hydrogens (tertiary/aromatic N) is 2. The van der Waals surface area contributed by atoms with Gasteiger partial charge in [0.05, 0.1) is 6.10 Å². The summed E-state index contributed by atoms with van der Waals surface area (Å²) < 4.78 is 0. The van der Waals surface area contributed by atoms with Gasteiger partial charge in [-0.3, -0.25) is 19.4 Å². The van der Waals surface area contributed by atoms with Crippen molar-refractivity contribution in [3.05, 3.63) is 0 Å². The van der Waals surface area contributed by atoms with Gasteiger partial charge in [0.25, 0.3) is 0 Å². The highest BCUT2D eigenvalue weighted by Crippen LogP contribution is 2.22. The van der Waals surface area contributed by atoms with E-state index in [2.05, 4.69) is 15.6 Å². The third kappa shape index (κ3) is 8.45. The van der Waals surface area contributed by atoms with Crippen LogP contribution in [0, 0.1) is 5.92 Å². The normalized spacial score (nSPS) is 19.9. The number of hydrogen-bond donors (Lipinski definition) is 7. The van der Waals surface area contributed by atoms with Crippen molar-refractivity contribution in [1.82, 2.24) is 15.5 Å². The van der Waals surface area contributed by atoms with Gasteiger partial charge in [-0.15, -0.1) is 0 Å². The molecule has 13 heteroatoms. The molecule has 6 atom stereocenters. The van der Waals surface area contributed by atoms with Crippen molar-refractivity contribution in [3.63, 3.8) is 0 Å². The Morgan fingerprint density at radius 2 is 1.82 bits per heavy atom. The SMILES string of the molecule is CCC(C)C(NC(=O)C(N)C(C)O)C(=O)N1CCCC1C(=O)NC(CCCN=C(N)N)C(=O)O. The first kappa shape index (κ1) is 29.1. The number of nitrogens with two attached hydrogens (primary N) is 3. The van der Waals surface area contributed by atoms with Gasteiger partial charge in [0.15, 0.2) is 5.96 Å². The molecule has 1 fully saturated rings. The number of likely N-dealkylation sites (tertiary alicyclic amines) is 1. The zero-order valence-corrected chi connectivity index (χ0v) is 20.1. The lowest BCUT2D eigenvalue weighted by molar-refractivity contribution is -0.145. The van der Waals surface area contributed by atoms with Gasteiger partial charge in [-0.25, -0.2) is 4.79 Å². The maximum atomic E-state index is 13.4. The second-order valence-corrected chi connectivity index (χ2v) is 8.68. The van der Waals surface area contributed by atoms with Crippen LogP contribution in [-0.4, -0.2) is 88.1 Å². The van der Waals surface area contributed by atoms with Gasteiger partial charge >= 0.3 is 5.97 Å². The molecule has 0 bridgehead atoms. The van der Waals surface area contributed by atoms with Crippen molar-refractivity contribution in [2.24, 2.45) is 28.1 Å². The number of carboxylic acids is 1. The quantitative estimate of drug-likeness (QED) is 0.0854. The Balaban J connectivity index is 2.92. The number of carboxylic acid groups (broad SMARTS) is 1. The number of amides is 3. The molecular formula is C21H39N7O6. The number of hydrogen-bond acceptors (Lipinski definition) is 7. The topological polar surface area (TPSA) is 226 Å². The summed E-state index contributed by atoms with van der Waals surface area (Å²) in [5, 5.41) is 24.2. The van der Waals surface area contributed by atoms with Crippen molar-refractivity contribution in [1.29, 1.82) is 0 Å². The number of aliphatic hydroxyl groups is 1. The summed E-state index contributed by atoms with van der Waals surface area (Å²) in [5.41, 5.74) is 16.2. The Morgan fingerprint density at radius 1 is 1.18 bits per heavy atom. The van der Waals surface area contributed by atoms with E-state index in [4.69, 9.17) is 17.2 Å². The fraction of sp³-hybridized carbons (Fsp3) is 0.762. The van der Waals surface area contributed by atoms with Crippen LogP contribution in [0.5, 0.6) is 0 Å². The van der Waals surface area contributed by atoms with Crippen LogP contribution in [0.25, 0.3) is 0 Å². The summed E-state index contributed by atoms with van der Waals surface area (Å²) >= 11 is 0. The molecule has 0 aromatic carbocycles. The number of carbonyl (C=O) groups excluding carboxylic acids is 3. The summed E-state index contributed by atoms with van der Waals surface area (Å²) in [4.78, 5) is 55.5. The minimum Gasteiger partial charge on any atom is -0.480 e. The largest absolute Gasteiger partial charge is 0.480 e. The number of aliphatic imine (C=N–C) groups is 1. The van der Waals surface area contributed by atoms with Crippen LogP contribution in [0.15, 0.2) is 4.99 Å². The lowest BCUT2D eigenvalue weighted by atomic mass is 9.96. The number of rotatable bonds is 13. The summed E-state index contributed by atoms with van der Waals surface area (Å²) in [6.07, 6.45) is 0.850. The summed E-state index contributed by atoms with van der Waals surface area (Å²) in [5.74, 6) is -3.25. The summed E-state index contributed by atoms with van der Waals surface area (Å²) in [7, 11) is 0. The average Bonchev–Trinajstić information content (AvgIpc) is 3.27. The molecule has 0 spiro atoms. The van der Waals surface area contributed by atoms with Crippen LogP contribution in [0.2, 0.25) is 0 Å². The molecule has 3 amide bonds.